The monoisotopic (exact) mass is 289 g/mol. The van der Waals surface area contributed by atoms with E-state index in [9.17, 15) is 0 Å². The lowest BCUT2D eigenvalue weighted by molar-refractivity contribution is -0.660. The van der Waals surface area contributed by atoms with Crippen LogP contribution in [0.3, 0.4) is 0 Å². The van der Waals surface area contributed by atoms with Crippen LogP contribution < -0.4 is 4.57 Å². The topological polar surface area (TPSA) is 29.9 Å². The van der Waals surface area contributed by atoms with Crippen LogP contribution in [0.2, 0.25) is 0 Å². The second-order valence-electron chi connectivity index (χ2n) is 5.78. The van der Waals surface area contributed by atoms with Gasteiger partial charge in [0.1, 0.15) is 12.6 Å². The summed E-state index contributed by atoms with van der Waals surface area (Å²) in [6.07, 6.45) is 3.87. The van der Waals surface area contributed by atoms with Gasteiger partial charge in [0, 0.05) is 28.6 Å². The molecule has 1 aromatic carbocycles. The lowest BCUT2D eigenvalue weighted by Gasteiger charge is -2.04. The van der Waals surface area contributed by atoms with Crippen molar-refractivity contribution in [2.45, 2.75) is 13.8 Å². The van der Waals surface area contributed by atoms with E-state index in [1.54, 1.807) is 0 Å². The molecule has 0 aliphatic carbocycles. The van der Waals surface area contributed by atoms with E-state index in [2.05, 4.69) is 60.1 Å². The highest BCUT2D eigenvalue weighted by molar-refractivity contribution is 6.06. The van der Waals surface area contributed by atoms with Crippen LogP contribution in [0.15, 0.2) is 53.2 Å². The molecule has 0 radical (unpaired) electrons. The van der Waals surface area contributed by atoms with Crippen molar-refractivity contribution in [1.29, 1.82) is 0 Å². The Labute approximate surface area is 128 Å². The second kappa shape index (κ2) is 4.67. The first-order valence-electron chi connectivity index (χ1n) is 7.38. The molecule has 0 bridgehead atoms. The van der Waals surface area contributed by atoms with Gasteiger partial charge < -0.3 is 4.42 Å². The molecule has 0 fully saturated rings. The molecule has 3 heterocycles. The lowest BCUT2D eigenvalue weighted by atomic mass is 10.0. The molecule has 0 amide bonds. The summed E-state index contributed by atoms with van der Waals surface area (Å²) in [5, 5.41) is 2.29. The molecule has 3 heteroatoms. The minimum Gasteiger partial charge on any atom is -0.454 e. The van der Waals surface area contributed by atoms with Gasteiger partial charge in [0.25, 0.3) is 0 Å². The Morgan fingerprint density at radius 1 is 1.00 bits per heavy atom. The van der Waals surface area contributed by atoms with Gasteiger partial charge in [0.05, 0.1) is 11.8 Å². The van der Waals surface area contributed by atoms with Crippen LogP contribution in [0.25, 0.3) is 33.2 Å². The van der Waals surface area contributed by atoms with Gasteiger partial charge in [0.15, 0.2) is 11.8 Å². The minimum absolute atomic E-state index is 0.842. The predicted octanol–water partition coefficient (Wildman–Crippen LogP) is 4.09. The molecular weight excluding hydrogens is 272 g/mol. The molecule has 0 spiro atoms. The van der Waals surface area contributed by atoms with E-state index in [-0.39, 0.29) is 0 Å². The zero-order chi connectivity index (χ0) is 15.3. The van der Waals surface area contributed by atoms with Crippen LogP contribution in [0.5, 0.6) is 0 Å². The van der Waals surface area contributed by atoms with E-state index in [0.29, 0.717) is 0 Å². The molecular formula is C19H17N2O+. The number of aromatic nitrogens is 2. The Kier molecular flexibility index (Phi) is 2.76. The van der Waals surface area contributed by atoms with Gasteiger partial charge in [-0.05, 0) is 43.7 Å². The molecule has 0 saturated heterocycles. The zero-order valence-corrected chi connectivity index (χ0v) is 12.9. The summed E-state index contributed by atoms with van der Waals surface area (Å²) in [6, 6.07) is 12.7. The number of pyridine rings is 2. The molecule has 3 nitrogen and oxygen atoms in total. The molecule has 3 aromatic heterocycles. The Morgan fingerprint density at radius 2 is 1.82 bits per heavy atom. The van der Waals surface area contributed by atoms with E-state index in [4.69, 9.17) is 4.42 Å². The average molecular weight is 289 g/mol. The third-order valence-electron chi connectivity index (χ3n) is 4.17. The molecule has 0 unspecified atom stereocenters. The van der Waals surface area contributed by atoms with Crippen molar-refractivity contribution < 1.29 is 8.98 Å². The Balaban J connectivity index is 2.05. The molecule has 0 aliphatic heterocycles. The number of hydrogen-bond donors (Lipinski definition) is 0. The fraction of sp³-hybridized carbons (Fsp3) is 0.158. The van der Waals surface area contributed by atoms with Crippen LogP contribution in [-0.2, 0) is 7.05 Å². The maximum atomic E-state index is 5.99. The minimum atomic E-state index is 0.842. The number of furan rings is 1. The fourth-order valence-corrected chi connectivity index (χ4v) is 3.02. The number of fused-ring (bicyclic) bond motifs is 3. The molecule has 0 saturated carbocycles. The summed E-state index contributed by atoms with van der Waals surface area (Å²) in [5.41, 5.74) is 6.37. The third kappa shape index (κ3) is 1.90. The van der Waals surface area contributed by atoms with Crippen molar-refractivity contribution in [3.63, 3.8) is 0 Å². The Morgan fingerprint density at radius 3 is 2.64 bits per heavy atom. The molecule has 0 N–H and O–H groups in total. The van der Waals surface area contributed by atoms with Crippen molar-refractivity contribution in [2.24, 2.45) is 7.05 Å². The van der Waals surface area contributed by atoms with Gasteiger partial charge in [0.2, 0.25) is 5.69 Å². The van der Waals surface area contributed by atoms with E-state index in [1.807, 2.05) is 19.2 Å². The van der Waals surface area contributed by atoms with E-state index < -0.39 is 0 Å². The maximum absolute atomic E-state index is 5.99. The predicted molar refractivity (Wildman–Crippen MR) is 87.6 cm³/mol. The molecule has 4 aromatic rings. The Bertz CT molecular complexity index is 1010. The van der Waals surface area contributed by atoms with E-state index >= 15 is 0 Å². The van der Waals surface area contributed by atoms with Gasteiger partial charge in [-0.15, -0.1) is 0 Å². The van der Waals surface area contributed by atoms with Crippen LogP contribution in [-0.4, -0.2) is 4.98 Å². The van der Waals surface area contributed by atoms with Gasteiger partial charge >= 0.3 is 0 Å². The number of nitrogens with zero attached hydrogens (tertiary/aromatic N) is 2. The number of benzene rings is 1. The van der Waals surface area contributed by atoms with Crippen molar-refractivity contribution >= 4 is 21.9 Å². The largest absolute Gasteiger partial charge is 0.454 e. The van der Waals surface area contributed by atoms with Crippen molar-refractivity contribution in [1.82, 2.24) is 4.98 Å². The standard InChI is InChI=1S/C19H17N2O/c1-12-8-15-16-9-13(2)20-11-19(16)22-18(15)10-14(12)17-6-4-5-7-21(17)3/h4-11H,1-3H3/q+1. The van der Waals surface area contributed by atoms with Gasteiger partial charge in [-0.25, -0.2) is 4.57 Å². The van der Waals surface area contributed by atoms with Crippen molar-refractivity contribution in [2.75, 3.05) is 0 Å². The summed E-state index contributed by atoms with van der Waals surface area (Å²) in [4.78, 5) is 4.32. The van der Waals surface area contributed by atoms with Crippen LogP contribution >= 0.6 is 0 Å². The first-order chi connectivity index (χ1) is 10.6. The smallest absolute Gasteiger partial charge is 0.212 e. The van der Waals surface area contributed by atoms with Crippen LogP contribution in [0.4, 0.5) is 0 Å². The van der Waals surface area contributed by atoms with Crippen LogP contribution in [0, 0.1) is 13.8 Å². The van der Waals surface area contributed by atoms with Crippen LogP contribution in [0.1, 0.15) is 11.3 Å². The fourth-order valence-electron chi connectivity index (χ4n) is 3.02. The highest BCUT2D eigenvalue weighted by Crippen LogP contribution is 2.33. The third-order valence-corrected chi connectivity index (χ3v) is 4.17. The summed E-state index contributed by atoms with van der Waals surface area (Å²) < 4.78 is 8.12. The van der Waals surface area contributed by atoms with Gasteiger partial charge in [-0.2, -0.15) is 0 Å². The maximum Gasteiger partial charge on any atom is 0.212 e. The summed E-state index contributed by atoms with van der Waals surface area (Å²) in [6.45, 7) is 4.15. The molecule has 4 rings (SSSR count). The van der Waals surface area contributed by atoms with Crippen molar-refractivity contribution in [3.05, 3.63) is 60.0 Å². The highest BCUT2D eigenvalue weighted by Gasteiger charge is 2.16. The molecule has 0 atom stereocenters. The SMILES string of the molecule is Cc1cc2c(cn1)oc1cc(-c3cccc[n+]3C)c(C)cc12. The van der Waals surface area contributed by atoms with E-state index in [1.165, 1.54) is 16.8 Å². The lowest BCUT2D eigenvalue weighted by Crippen LogP contribution is -2.30. The summed E-state index contributed by atoms with van der Waals surface area (Å²) in [7, 11) is 2.06. The van der Waals surface area contributed by atoms with Crippen molar-refractivity contribution in [3.8, 4) is 11.3 Å². The zero-order valence-electron chi connectivity index (χ0n) is 12.9. The first kappa shape index (κ1) is 13.0. The molecule has 0 aliphatic rings. The molecule has 108 valence electrons. The second-order valence-corrected chi connectivity index (χ2v) is 5.78. The quantitative estimate of drug-likeness (QED) is 0.494. The number of rotatable bonds is 1. The van der Waals surface area contributed by atoms with Gasteiger partial charge in [-0.3, -0.25) is 4.98 Å². The average Bonchev–Trinajstić information content (AvgIpc) is 2.84. The summed E-state index contributed by atoms with van der Waals surface area (Å²) in [5.74, 6) is 0. The Hall–Kier alpha value is -2.68. The highest BCUT2D eigenvalue weighted by atomic mass is 16.3. The number of aryl methyl sites for hydroxylation is 3. The number of hydrogen-bond acceptors (Lipinski definition) is 2. The normalized spacial score (nSPS) is 11.4. The van der Waals surface area contributed by atoms with Gasteiger partial charge in [-0.1, -0.05) is 0 Å². The molecule has 22 heavy (non-hydrogen) atoms. The summed E-state index contributed by atoms with van der Waals surface area (Å²) >= 11 is 0. The first-order valence-corrected chi connectivity index (χ1v) is 7.38. The van der Waals surface area contributed by atoms with E-state index in [0.717, 1.165) is 27.6 Å².